The van der Waals surface area contributed by atoms with E-state index in [1.165, 1.54) is 28.8 Å². The van der Waals surface area contributed by atoms with Crippen LogP contribution in [0.4, 0.5) is 5.69 Å². The summed E-state index contributed by atoms with van der Waals surface area (Å²) in [4.78, 5) is 14.7. The number of hydrogen-bond donors (Lipinski definition) is 1. The first kappa shape index (κ1) is 15.3. The summed E-state index contributed by atoms with van der Waals surface area (Å²) in [5.74, 6) is 0.383. The van der Waals surface area contributed by atoms with Crippen LogP contribution in [0.25, 0.3) is 10.6 Å². The molecule has 0 aliphatic rings. The Bertz CT molecular complexity index is 881. The van der Waals surface area contributed by atoms with Crippen molar-refractivity contribution in [3.63, 3.8) is 0 Å². The molecule has 0 bridgehead atoms. The molecule has 2 aromatic carbocycles. The number of aromatic nitrogens is 1. The minimum Gasteiger partial charge on any atom is -0.493 e. The minimum atomic E-state index is -0.531. The normalized spacial score (nSPS) is 10.5. The highest BCUT2D eigenvalue weighted by Crippen LogP contribution is 2.37. The molecular formula is C15H9ClN2O4S. The smallest absolute Gasteiger partial charge is 0.312 e. The summed E-state index contributed by atoms with van der Waals surface area (Å²) in [6.07, 6.45) is 0. The number of halogens is 1. The van der Waals surface area contributed by atoms with Gasteiger partial charge >= 0.3 is 5.69 Å². The van der Waals surface area contributed by atoms with Gasteiger partial charge in [0.25, 0.3) is 0 Å². The molecule has 0 spiro atoms. The Kier molecular flexibility index (Phi) is 4.14. The summed E-state index contributed by atoms with van der Waals surface area (Å²) in [6, 6.07) is 11.1. The number of nitro benzene ring substituents is 1. The molecule has 116 valence electrons. The number of ether oxygens (including phenoxy) is 1. The van der Waals surface area contributed by atoms with E-state index in [2.05, 4.69) is 4.98 Å². The number of rotatable bonds is 4. The summed E-state index contributed by atoms with van der Waals surface area (Å²) < 4.78 is 5.56. The first-order valence-electron chi connectivity index (χ1n) is 6.39. The molecule has 6 nitrogen and oxygen atoms in total. The van der Waals surface area contributed by atoms with Gasteiger partial charge < -0.3 is 9.84 Å². The topological polar surface area (TPSA) is 85.5 Å². The molecule has 0 saturated carbocycles. The van der Waals surface area contributed by atoms with Crippen molar-refractivity contribution in [3.05, 3.63) is 63.0 Å². The third kappa shape index (κ3) is 3.41. The van der Waals surface area contributed by atoms with Gasteiger partial charge in [-0.05, 0) is 30.3 Å². The van der Waals surface area contributed by atoms with Gasteiger partial charge in [-0.1, -0.05) is 17.7 Å². The second-order valence-electron chi connectivity index (χ2n) is 4.51. The Morgan fingerprint density at radius 3 is 2.74 bits per heavy atom. The number of hydrogen-bond acceptors (Lipinski definition) is 6. The van der Waals surface area contributed by atoms with Gasteiger partial charge in [0.05, 0.1) is 10.3 Å². The molecule has 0 fully saturated rings. The van der Waals surface area contributed by atoms with E-state index in [4.69, 9.17) is 16.3 Å². The summed E-state index contributed by atoms with van der Waals surface area (Å²) in [7, 11) is 0. The molecule has 0 aliphatic carbocycles. The molecule has 1 heterocycles. The van der Waals surface area contributed by atoms with Crippen LogP contribution in [0.2, 0.25) is 5.02 Å². The Balaban J connectivity index is 1.99. The molecule has 1 aromatic heterocycles. The van der Waals surface area contributed by atoms with Crippen LogP contribution >= 0.6 is 22.9 Å². The maximum atomic E-state index is 11.3. The maximum absolute atomic E-state index is 11.3. The molecule has 0 amide bonds. The molecule has 23 heavy (non-hydrogen) atoms. The predicted octanol–water partition coefficient (Wildman–Crippen LogP) is 4.87. The third-order valence-corrected chi connectivity index (χ3v) is 4.03. The van der Waals surface area contributed by atoms with Crippen molar-refractivity contribution in [2.75, 3.05) is 0 Å². The molecule has 8 heteroatoms. The average Bonchev–Trinajstić information content (AvgIpc) is 2.94. The number of nitrogens with zero attached hydrogens (tertiary/aromatic N) is 2. The summed E-state index contributed by atoms with van der Waals surface area (Å²) in [5.41, 5.74) is 0.331. The van der Waals surface area contributed by atoms with E-state index in [0.29, 0.717) is 21.3 Å². The van der Waals surface area contributed by atoms with Crippen LogP contribution in [0, 0.1) is 10.1 Å². The highest BCUT2D eigenvalue weighted by Gasteiger charge is 2.18. The maximum Gasteiger partial charge on any atom is 0.312 e. The van der Waals surface area contributed by atoms with Crippen molar-refractivity contribution in [3.8, 4) is 28.0 Å². The highest BCUT2D eigenvalue weighted by atomic mass is 35.5. The fourth-order valence-corrected chi connectivity index (χ4v) is 2.79. The molecule has 3 aromatic rings. The van der Waals surface area contributed by atoms with Gasteiger partial charge in [-0.25, -0.2) is 4.98 Å². The zero-order valence-electron chi connectivity index (χ0n) is 11.5. The van der Waals surface area contributed by atoms with Crippen molar-refractivity contribution in [1.29, 1.82) is 0 Å². The van der Waals surface area contributed by atoms with Gasteiger partial charge in [-0.2, -0.15) is 0 Å². The molecule has 0 radical (unpaired) electrons. The minimum absolute atomic E-state index is 0.0989. The van der Waals surface area contributed by atoms with E-state index in [9.17, 15) is 15.2 Å². The van der Waals surface area contributed by atoms with Crippen LogP contribution in [-0.2, 0) is 0 Å². The first-order valence-corrected chi connectivity index (χ1v) is 7.65. The van der Waals surface area contributed by atoms with E-state index in [1.54, 1.807) is 30.3 Å². The monoisotopic (exact) mass is 348 g/mol. The van der Waals surface area contributed by atoms with Crippen LogP contribution in [-0.4, -0.2) is 15.0 Å². The standard InChI is InChI=1S/C15H9ClN2O4S/c16-10-2-1-3-11(7-10)22-13-5-4-9(6-12(13)18(20)21)15-17-14(19)8-23-15/h1-8,19H. The lowest BCUT2D eigenvalue weighted by atomic mass is 10.2. The number of aromatic hydroxyl groups is 1. The van der Waals surface area contributed by atoms with Crippen molar-refractivity contribution in [2.24, 2.45) is 0 Å². The lowest BCUT2D eigenvalue weighted by Crippen LogP contribution is -1.94. The molecule has 0 atom stereocenters. The molecule has 0 saturated heterocycles. The molecular weight excluding hydrogens is 340 g/mol. The molecule has 1 N–H and O–H groups in total. The Hall–Kier alpha value is -2.64. The quantitative estimate of drug-likeness (QED) is 0.537. The Labute approximate surface area is 139 Å². The number of thiazole rings is 1. The van der Waals surface area contributed by atoms with Gasteiger partial charge in [0.2, 0.25) is 11.6 Å². The van der Waals surface area contributed by atoms with E-state index in [-0.39, 0.29) is 17.3 Å². The predicted molar refractivity (Wildman–Crippen MR) is 87.4 cm³/mol. The molecule has 3 rings (SSSR count). The lowest BCUT2D eigenvalue weighted by Gasteiger charge is -2.07. The van der Waals surface area contributed by atoms with Crippen LogP contribution < -0.4 is 4.74 Å². The highest BCUT2D eigenvalue weighted by molar-refractivity contribution is 7.13. The second kappa shape index (κ2) is 6.23. The Morgan fingerprint density at radius 2 is 2.09 bits per heavy atom. The van der Waals surface area contributed by atoms with Gasteiger partial charge in [-0.15, -0.1) is 11.3 Å². The number of benzene rings is 2. The molecule has 0 aliphatic heterocycles. The second-order valence-corrected chi connectivity index (χ2v) is 5.80. The summed E-state index contributed by atoms with van der Waals surface area (Å²) in [6.45, 7) is 0. The zero-order valence-corrected chi connectivity index (χ0v) is 13.0. The third-order valence-electron chi connectivity index (χ3n) is 2.92. The largest absolute Gasteiger partial charge is 0.493 e. The zero-order chi connectivity index (χ0) is 16.4. The number of nitro groups is 1. The Morgan fingerprint density at radius 1 is 1.26 bits per heavy atom. The summed E-state index contributed by atoms with van der Waals surface area (Å²) >= 11 is 7.07. The van der Waals surface area contributed by atoms with Gasteiger partial charge in [0, 0.05) is 16.7 Å². The van der Waals surface area contributed by atoms with Crippen molar-refractivity contribution >= 4 is 28.6 Å². The van der Waals surface area contributed by atoms with Crippen LogP contribution in [0.1, 0.15) is 0 Å². The van der Waals surface area contributed by atoms with Crippen LogP contribution in [0.3, 0.4) is 0 Å². The SMILES string of the molecule is O=[N+]([O-])c1cc(-c2nc(O)cs2)ccc1Oc1cccc(Cl)c1. The van der Waals surface area contributed by atoms with E-state index in [0.717, 1.165) is 0 Å². The first-order chi connectivity index (χ1) is 11.0. The molecule has 0 unspecified atom stereocenters. The summed E-state index contributed by atoms with van der Waals surface area (Å²) in [5, 5.41) is 23.0. The van der Waals surface area contributed by atoms with Crippen molar-refractivity contribution in [2.45, 2.75) is 0 Å². The van der Waals surface area contributed by atoms with Gasteiger partial charge in [-0.3, -0.25) is 10.1 Å². The average molecular weight is 349 g/mol. The van der Waals surface area contributed by atoms with E-state index in [1.807, 2.05) is 0 Å². The van der Waals surface area contributed by atoms with Gasteiger partial charge in [0.1, 0.15) is 10.8 Å². The lowest BCUT2D eigenvalue weighted by molar-refractivity contribution is -0.385. The fourth-order valence-electron chi connectivity index (χ4n) is 1.93. The fraction of sp³-hybridized carbons (Fsp3) is 0. The van der Waals surface area contributed by atoms with E-state index >= 15 is 0 Å². The van der Waals surface area contributed by atoms with Crippen LogP contribution in [0.5, 0.6) is 17.4 Å². The van der Waals surface area contributed by atoms with Crippen molar-refractivity contribution in [1.82, 2.24) is 4.98 Å². The van der Waals surface area contributed by atoms with E-state index < -0.39 is 4.92 Å². The van der Waals surface area contributed by atoms with Gasteiger partial charge in [0.15, 0.2) is 0 Å². The van der Waals surface area contributed by atoms with Crippen LogP contribution in [0.15, 0.2) is 47.8 Å². The van der Waals surface area contributed by atoms with Crippen molar-refractivity contribution < 1.29 is 14.8 Å².